The molecule has 1 N–H and O–H groups in total. The lowest BCUT2D eigenvalue weighted by atomic mass is 10.1. The molecule has 0 spiro atoms. The smallest absolute Gasteiger partial charge is 0.258 e. The third kappa shape index (κ3) is 5.25. The Labute approximate surface area is 184 Å². The highest BCUT2D eigenvalue weighted by atomic mass is 32.2. The third-order valence-corrected chi connectivity index (χ3v) is 5.67. The fraction of sp³-hybridized carbons (Fsp3) is 0.429. The fourth-order valence-electron chi connectivity index (χ4n) is 3.55. The SMILES string of the molecule is CSc1nc(N2CCCCC2)c2cnn(CCNC(=O)COc3ccc(F)cc3)c2n1. The molecule has 0 aliphatic carbocycles. The van der Waals surface area contributed by atoms with Crippen molar-refractivity contribution in [1.29, 1.82) is 0 Å². The van der Waals surface area contributed by atoms with Crippen LogP contribution in [0.25, 0.3) is 11.0 Å². The molecule has 164 valence electrons. The molecule has 1 amide bonds. The van der Waals surface area contributed by atoms with Gasteiger partial charge in [-0.05, 0) is 49.8 Å². The number of anilines is 1. The molecule has 10 heteroatoms. The first-order valence-corrected chi connectivity index (χ1v) is 11.5. The van der Waals surface area contributed by atoms with Crippen LogP contribution in [0.5, 0.6) is 5.75 Å². The predicted molar refractivity (Wildman–Crippen MR) is 118 cm³/mol. The van der Waals surface area contributed by atoms with Crippen LogP contribution in [0.15, 0.2) is 35.6 Å². The number of nitrogens with zero attached hydrogens (tertiary/aromatic N) is 5. The number of rotatable bonds is 8. The summed E-state index contributed by atoms with van der Waals surface area (Å²) < 4.78 is 20.1. The van der Waals surface area contributed by atoms with Crippen molar-refractivity contribution in [2.75, 3.05) is 37.4 Å². The molecule has 1 aliphatic rings. The van der Waals surface area contributed by atoms with Gasteiger partial charge in [0.15, 0.2) is 17.4 Å². The average molecular weight is 445 g/mol. The highest BCUT2D eigenvalue weighted by molar-refractivity contribution is 7.98. The van der Waals surface area contributed by atoms with Gasteiger partial charge in [0.1, 0.15) is 17.4 Å². The number of aromatic nitrogens is 4. The van der Waals surface area contributed by atoms with E-state index in [9.17, 15) is 9.18 Å². The maximum Gasteiger partial charge on any atom is 0.258 e. The number of nitrogens with one attached hydrogen (secondary N) is 1. The number of fused-ring (bicyclic) bond motifs is 1. The molecule has 0 saturated carbocycles. The lowest BCUT2D eigenvalue weighted by Crippen LogP contribution is -2.32. The summed E-state index contributed by atoms with van der Waals surface area (Å²) in [5, 5.41) is 8.95. The van der Waals surface area contributed by atoms with Gasteiger partial charge in [-0.1, -0.05) is 11.8 Å². The number of benzene rings is 1. The molecule has 1 aliphatic heterocycles. The number of piperidine rings is 1. The second-order valence-electron chi connectivity index (χ2n) is 7.28. The summed E-state index contributed by atoms with van der Waals surface area (Å²) in [5.74, 6) is 0.785. The second-order valence-corrected chi connectivity index (χ2v) is 8.05. The maximum absolute atomic E-state index is 12.9. The molecular weight excluding hydrogens is 419 g/mol. The van der Waals surface area contributed by atoms with Crippen LogP contribution in [-0.4, -0.2) is 58.2 Å². The minimum atomic E-state index is -0.347. The summed E-state index contributed by atoms with van der Waals surface area (Å²) in [6.45, 7) is 2.73. The Morgan fingerprint density at radius 1 is 1.19 bits per heavy atom. The van der Waals surface area contributed by atoms with Crippen molar-refractivity contribution in [2.24, 2.45) is 0 Å². The molecular formula is C21H25FN6O2S. The van der Waals surface area contributed by atoms with Crippen LogP contribution in [0, 0.1) is 5.82 Å². The Hall–Kier alpha value is -2.88. The molecule has 1 aromatic carbocycles. The van der Waals surface area contributed by atoms with Gasteiger partial charge >= 0.3 is 0 Å². The van der Waals surface area contributed by atoms with Crippen molar-refractivity contribution in [3.8, 4) is 5.75 Å². The van der Waals surface area contributed by atoms with Crippen molar-refractivity contribution >= 4 is 34.5 Å². The highest BCUT2D eigenvalue weighted by Crippen LogP contribution is 2.28. The van der Waals surface area contributed by atoms with Crippen LogP contribution in [0.1, 0.15) is 19.3 Å². The van der Waals surface area contributed by atoms with E-state index in [1.54, 1.807) is 4.68 Å². The molecule has 1 saturated heterocycles. The van der Waals surface area contributed by atoms with E-state index in [4.69, 9.17) is 9.72 Å². The van der Waals surface area contributed by atoms with Crippen molar-refractivity contribution in [3.63, 3.8) is 0 Å². The predicted octanol–water partition coefficient (Wildman–Crippen LogP) is 2.87. The maximum atomic E-state index is 12.9. The summed E-state index contributed by atoms with van der Waals surface area (Å²) in [5.41, 5.74) is 0.775. The van der Waals surface area contributed by atoms with E-state index in [0.717, 1.165) is 29.9 Å². The number of amides is 1. The van der Waals surface area contributed by atoms with Gasteiger partial charge in [-0.15, -0.1) is 0 Å². The minimum Gasteiger partial charge on any atom is -0.484 e. The van der Waals surface area contributed by atoms with E-state index < -0.39 is 0 Å². The molecule has 2 aromatic heterocycles. The summed E-state index contributed by atoms with van der Waals surface area (Å²) in [4.78, 5) is 23.8. The number of hydrogen-bond acceptors (Lipinski definition) is 7. The van der Waals surface area contributed by atoms with E-state index in [1.807, 2.05) is 12.5 Å². The number of halogens is 1. The molecule has 31 heavy (non-hydrogen) atoms. The van der Waals surface area contributed by atoms with Gasteiger partial charge in [-0.2, -0.15) is 5.10 Å². The van der Waals surface area contributed by atoms with Crippen LogP contribution in [0.3, 0.4) is 0 Å². The van der Waals surface area contributed by atoms with Crippen molar-refractivity contribution in [3.05, 3.63) is 36.3 Å². The Morgan fingerprint density at radius 2 is 1.97 bits per heavy atom. The standard InChI is InChI=1S/C21H25FN6O2S/c1-31-21-25-19(27-10-3-2-4-11-27)17-13-24-28(20(17)26-21)12-9-23-18(29)14-30-16-7-5-15(22)6-8-16/h5-8,13H,2-4,9-12,14H2,1H3,(H,23,29). The van der Waals surface area contributed by atoms with Crippen LogP contribution >= 0.6 is 11.8 Å². The Morgan fingerprint density at radius 3 is 2.71 bits per heavy atom. The minimum absolute atomic E-state index is 0.136. The zero-order valence-corrected chi connectivity index (χ0v) is 18.2. The lowest BCUT2D eigenvalue weighted by Gasteiger charge is -2.28. The largest absolute Gasteiger partial charge is 0.484 e. The van der Waals surface area contributed by atoms with Crippen molar-refractivity contribution in [1.82, 2.24) is 25.1 Å². The van der Waals surface area contributed by atoms with Crippen molar-refractivity contribution < 1.29 is 13.9 Å². The Bertz CT molecular complexity index is 1040. The monoisotopic (exact) mass is 444 g/mol. The number of thioether (sulfide) groups is 1. The summed E-state index contributed by atoms with van der Waals surface area (Å²) >= 11 is 1.51. The first-order chi connectivity index (χ1) is 15.1. The van der Waals surface area contributed by atoms with Gasteiger partial charge < -0.3 is 15.0 Å². The van der Waals surface area contributed by atoms with E-state index >= 15 is 0 Å². The molecule has 3 heterocycles. The summed E-state index contributed by atoms with van der Waals surface area (Å²) in [7, 11) is 0. The highest BCUT2D eigenvalue weighted by Gasteiger charge is 2.19. The molecule has 0 atom stereocenters. The molecule has 4 rings (SSSR count). The molecule has 1 fully saturated rings. The number of carbonyl (C=O) groups excluding carboxylic acids is 1. The van der Waals surface area contributed by atoms with Gasteiger partial charge in [-0.3, -0.25) is 4.79 Å². The molecule has 8 nitrogen and oxygen atoms in total. The normalized spacial score (nSPS) is 14.1. The molecule has 0 bridgehead atoms. The van der Waals surface area contributed by atoms with Gasteiger partial charge in [-0.25, -0.2) is 19.0 Å². The van der Waals surface area contributed by atoms with Crippen LogP contribution in [0.4, 0.5) is 10.2 Å². The van der Waals surface area contributed by atoms with E-state index in [2.05, 4.69) is 20.3 Å². The van der Waals surface area contributed by atoms with Gasteiger partial charge in [0.25, 0.3) is 5.91 Å². The Balaban J connectivity index is 1.38. The van der Waals surface area contributed by atoms with Gasteiger partial charge in [0.2, 0.25) is 0 Å². The van der Waals surface area contributed by atoms with E-state index in [1.165, 1.54) is 55.3 Å². The molecule has 3 aromatic rings. The molecule has 0 unspecified atom stereocenters. The Kier molecular flexibility index (Phi) is 6.86. The third-order valence-electron chi connectivity index (χ3n) is 5.12. The summed E-state index contributed by atoms with van der Waals surface area (Å²) in [6, 6.07) is 5.56. The quantitative estimate of drug-likeness (QED) is 0.422. The van der Waals surface area contributed by atoms with Gasteiger partial charge in [0.05, 0.1) is 18.1 Å². The second kappa shape index (κ2) is 9.95. The van der Waals surface area contributed by atoms with Gasteiger partial charge in [0, 0.05) is 19.6 Å². The van der Waals surface area contributed by atoms with Crippen LogP contribution < -0.4 is 15.0 Å². The lowest BCUT2D eigenvalue weighted by molar-refractivity contribution is -0.123. The number of ether oxygens (including phenoxy) is 1. The van der Waals surface area contributed by atoms with Crippen LogP contribution in [-0.2, 0) is 11.3 Å². The first-order valence-electron chi connectivity index (χ1n) is 10.3. The molecule has 0 radical (unpaired) electrons. The van der Waals surface area contributed by atoms with Crippen molar-refractivity contribution in [2.45, 2.75) is 31.0 Å². The first kappa shape index (κ1) is 21.4. The summed E-state index contributed by atoms with van der Waals surface area (Å²) in [6.07, 6.45) is 7.36. The number of hydrogen-bond donors (Lipinski definition) is 1. The average Bonchev–Trinajstić information content (AvgIpc) is 3.21. The number of carbonyl (C=O) groups is 1. The van der Waals surface area contributed by atoms with E-state index in [-0.39, 0.29) is 18.3 Å². The fourth-order valence-corrected chi connectivity index (χ4v) is 3.91. The van der Waals surface area contributed by atoms with E-state index in [0.29, 0.717) is 24.0 Å². The zero-order chi connectivity index (χ0) is 21.6. The van der Waals surface area contributed by atoms with Crippen LogP contribution in [0.2, 0.25) is 0 Å². The zero-order valence-electron chi connectivity index (χ0n) is 17.4. The topological polar surface area (TPSA) is 85.2 Å².